The van der Waals surface area contributed by atoms with Crippen molar-refractivity contribution in [1.82, 2.24) is 0 Å². The fourth-order valence-electron chi connectivity index (χ4n) is 9.75. The Morgan fingerprint density at radius 3 is 0.638 bits per heavy atom. The minimum Gasteiger partial charge on any atom is -0.0616 e. The molecule has 0 aliphatic rings. The van der Waals surface area contributed by atoms with E-state index in [9.17, 15) is 0 Å². The summed E-state index contributed by atoms with van der Waals surface area (Å²) < 4.78 is 0. The highest BCUT2D eigenvalue weighted by Crippen LogP contribution is 2.47. The Labute approximate surface area is 336 Å². The molecule has 0 aliphatic heterocycles. The number of hydrogen-bond donors (Lipinski definition) is 0. The molecule has 0 unspecified atom stereocenters. The van der Waals surface area contributed by atoms with Gasteiger partial charge in [-0.05, 0) is 144 Å². The summed E-state index contributed by atoms with van der Waals surface area (Å²) in [5.41, 5.74) is 10.1. The van der Waals surface area contributed by atoms with Gasteiger partial charge in [-0.15, -0.1) is 0 Å². The molecular weight excluding hydrogens is 697 g/mol. The Hall–Kier alpha value is -7.54. The second-order valence-corrected chi connectivity index (χ2v) is 15.6. The van der Waals surface area contributed by atoms with Gasteiger partial charge in [0, 0.05) is 0 Å². The van der Waals surface area contributed by atoms with Gasteiger partial charge < -0.3 is 0 Å². The molecule has 0 aliphatic carbocycles. The minimum absolute atomic E-state index is 1.23. The van der Waals surface area contributed by atoms with E-state index in [4.69, 9.17) is 0 Å². The lowest BCUT2D eigenvalue weighted by atomic mass is 9.84. The highest BCUT2D eigenvalue weighted by Gasteiger charge is 2.19. The van der Waals surface area contributed by atoms with E-state index in [1.54, 1.807) is 0 Å². The van der Waals surface area contributed by atoms with Crippen LogP contribution in [0.25, 0.3) is 120 Å². The summed E-state index contributed by atoms with van der Waals surface area (Å²) in [6, 6.07) is 81.0. The third-order valence-corrected chi connectivity index (χ3v) is 12.4. The quantitative estimate of drug-likeness (QED) is 0.158. The lowest BCUT2D eigenvalue weighted by molar-refractivity contribution is 1.67. The first kappa shape index (κ1) is 32.7. The van der Waals surface area contributed by atoms with Crippen LogP contribution in [0, 0.1) is 0 Å². The first-order chi connectivity index (χ1) is 28.8. The normalized spacial score (nSPS) is 11.8. The topological polar surface area (TPSA) is 0 Å². The van der Waals surface area contributed by atoms with Crippen LogP contribution < -0.4 is 0 Å². The minimum atomic E-state index is 1.23. The summed E-state index contributed by atoms with van der Waals surface area (Å²) in [4.78, 5) is 0. The van der Waals surface area contributed by atoms with Crippen molar-refractivity contribution in [3.05, 3.63) is 218 Å². The van der Waals surface area contributed by atoms with E-state index in [-0.39, 0.29) is 0 Å². The van der Waals surface area contributed by atoms with Crippen LogP contribution in [-0.4, -0.2) is 0 Å². The van der Waals surface area contributed by atoms with Crippen molar-refractivity contribution in [1.29, 1.82) is 0 Å². The smallest absolute Gasteiger partial charge is 0.00262 e. The van der Waals surface area contributed by atoms with Gasteiger partial charge in [-0.2, -0.15) is 0 Å². The van der Waals surface area contributed by atoms with Gasteiger partial charge in [0.25, 0.3) is 0 Å². The molecule has 0 radical (unpaired) electrons. The van der Waals surface area contributed by atoms with Crippen molar-refractivity contribution in [2.24, 2.45) is 0 Å². The molecular formula is C58H36. The van der Waals surface area contributed by atoms with Crippen molar-refractivity contribution in [3.63, 3.8) is 0 Å². The lowest BCUT2D eigenvalue weighted by Gasteiger charge is -2.19. The molecule has 0 bridgehead atoms. The number of benzene rings is 12. The maximum Gasteiger partial charge on any atom is -0.00262 e. The van der Waals surface area contributed by atoms with Gasteiger partial charge in [-0.3, -0.25) is 0 Å². The Bertz CT molecular complexity index is 3270. The van der Waals surface area contributed by atoms with E-state index in [1.807, 2.05) is 0 Å². The number of hydrogen-bond acceptors (Lipinski definition) is 0. The zero-order chi connectivity index (χ0) is 38.2. The van der Waals surface area contributed by atoms with E-state index < -0.39 is 0 Å². The van der Waals surface area contributed by atoms with Crippen molar-refractivity contribution < 1.29 is 0 Å². The first-order valence-electron chi connectivity index (χ1n) is 20.2. The van der Waals surface area contributed by atoms with E-state index in [2.05, 4.69) is 218 Å². The summed E-state index contributed by atoms with van der Waals surface area (Å²) in [7, 11) is 0. The van der Waals surface area contributed by atoms with Crippen LogP contribution in [0.4, 0.5) is 0 Å². The van der Waals surface area contributed by atoms with Gasteiger partial charge in [-0.25, -0.2) is 0 Å². The summed E-state index contributed by atoms with van der Waals surface area (Å²) >= 11 is 0. The lowest BCUT2D eigenvalue weighted by Crippen LogP contribution is -1.92. The van der Waals surface area contributed by atoms with Crippen LogP contribution in [-0.2, 0) is 0 Å². The van der Waals surface area contributed by atoms with E-state index >= 15 is 0 Å². The van der Waals surface area contributed by atoms with Crippen LogP contribution in [0.3, 0.4) is 0 Å². The average Bonchev–Trinajstić information content (AvgIpc) is 3.29. The Balaban J connectivity index is 1.07. The highest BCUT2D eigenvalue weighted by molar-refractivity contribution is 6.24. The molecule has 0 atom stereocenters. The standard InChI is InChI=1S/C58H36/c1-3-15-40-33-42(29-25-37(40)13-1)55-47-17-5-9-21-51(47)57(52-22-10-6-18-48(52)55)44-31-27-39-28-32-45(36-46(39)35-44)58-53-23-11-7-19-49(53)56(50-20-8-12-24-54(50)58)43-30-26-38-14-2-4-16-41(38)34-43/h1-36H. The number of rotatable bonds is 4. The molecule has 0 amide bonds. The van der Waals surface area contributed by atoms with Crippen LogP contribution in [0.5, 0.6) is 0 Å². The number of fused-ring (bicyclic) bond motifs is 7. The third kappa shape index (κ3) is 5.09. The van der Waals surface area contributed by atoms with Gasteiger partial charge in [0.15, 0.2) is 0 Å². The Kier molecular flexibility index (Phi) is 7.33. The predicted octanol–water partition coefficient (Wildman–Crippen LogP) is 16.4. The molecule has 0 saturated heterocycles. The molecule has 0 N–H and O–H groups in total. The van der Waals surface area contributed by atoms with Crippen LogP contribution in [0.1, 0.15) is 0 Å². The van der Waals surface area contributed by atoms with Crippen LogP contribution in [0.2, 0.25) is 0 Å². The molecule has 0 fully saturated rings. The van der Waals surface area contributed by atoms with E-state index in [0.717, 1.165) is 0 Å². The van der Waals surface area contributed by atoms with Crippen LogP contribution >= 0.6 is 0 Å². The third-order valence-electron chi connectivity index (χ3n) is 12.4. The molecule has 0 heterocycles. The van der Waals surface area contributed by atoms with Crippen molar-refractivity contribution >= 4 is 75.4 Å². The summed E-state index contributed by atoms with van der Waals surface area (Å²) in [5, 5.41) is 17.6. The van der Waals surface area contributed by atoms with Gasteiger partial charge >= 0.3 is 0 Å². The van der Waals surface area contributed by atoms with Crippen molar-refractivity contribution in [2.45, 2.75) is 0 Å². The fourth-order valence-corrected chi connectivity index (χ4v) is 9.75. The summed E-state index contributed by atoms with van der Waals surface area (Å²) in [6.45, 7) is 0. The SMILES string of the molecule is c1ccc2cc(-c3c4ccccc4c(-c4ccc5ccc(-c6c7ccccc7c(-c7ccc8ccccc8c7)c7ccccc67)cc5c4)c4ccccc34)ccc2c1. The molecule has 0 nitrogen and oxygen atoms in total. The van der Waals surface area contributed by atoms with Gasteiger partial charge in [0.2, 0.25) is 0 Å². The molecule has 58 heavy (non-hydrogen) atoms. The van der Waals surface area contributed by atoms with E-state index in [1.165, 1.54) is 120 Å². The highest BCUT2D eigenvalue weighted by atomic mass is 14.2. The van der Waals surface area contributed by atoms with Crippen molar-refractivity contribution in [3.8, 4) is 44.5 Å². The monoisotopic (exact) mass is 732 g/mol. The maximum absolute atomic E-state index is 2.41. The molecule has 0 aromatic heterocycles. The zero-order valence-corrected chi connectivity index (χ0v) is 31.8. The first-order valence-corrected chi connectivity index (χ1v) is 20.2. The van der Waals surface area contributed by atoms with Gasteiger partial charge in [0.05, 0.1) is 0 Å². The molecule has 12 aromatic carbocycles. The molecule has 12 aromatic rings. The molecule has 12 rings (SSSR count). The molecule has 0 saturated carbocycles. The molecule has 0 heteroatoms. The second-order valence-electron chi connectivity index (χ2n) is 15.6. The average molecular weight is 733 g/mol. The van der Waals surface area contributed by atoms with Crippen LogP contribution in [0.15, 0.2) is 218 Å². The Morgan fingerprint density at radius 2 is 0.362 bits per heavy atom. The maximum atomic E-state index is 2.41. The largest absolute Gasteiger partial charge is 0.0616 e. The molecule has 0 spiro atoms. The second kappa shape index (κ2) is 13.0. The van der Waals surface area contributed by atoms with Gasteiger partial charge in [0.1, 0.15) is 0 Å². The van der Waals surface area contributed by atoms with E-state index in [0.29, 0.717) is 0 Å². The van der Waals surface area contributed by atoms with Crippen molar-refractivity contribution in [2.75, 3.05) is 0 Å². The molecule has 268 valence electrons. The summed E-state index contributed by atoms with van der Waals surface area (Å²) in [6.07, 6.45) is 0. The zero-order valence-electron chi connectivity index (χ0n) is 31.8. The predicted molar refractivity (Wildman–Crippen MR) is 251 cm³/mol. The summed E-state index contributed by atoms with van der Waals surface area (Å²) in [5.74, 6) is 0. The Morgan fingerprint density at radius 1 is 0.155 bits per heavy atom. The fraction of sp³-hybridized carbons (Fsp3) is 0. The van der Waals surface area contributed by atoms with Gasteiger partial charge in [-0.1, -0.05) is 194 Å².